The normalized spacial score (nSPS) is 11.8. The smallest absolute Gasteiger partial charge is 0.271 e. The van der Waals surface area contributed by atoms with Crippen LogP contribution in [-0.2, 0) is 10.0 Å². The summed E-state index contributed by atoms with van der Waals surface area (Å²) in [6.07, 6.45) is -3.15. The van der Waals surface area contributed by atoms with Gasteiger partial charge in [-0.2, -0.15) is 0 Å². The van der Waals surface area contributed by atoms with E-state index in [4.69, 9.17) is 0 Å². The van der Waals surface area contributed by atoms with Crippen molar-refractivity contribution >= 4 is 10.0 Å². The lowest BCUT2D eigenvalue weighted by molar-refractivity contribution is 0.147. The molecule has 0 aliphatic heterocycles. The molecule has 0 bridgehead atoms. The van der Waals surface area contributed by atoms with Crippen LogP contribution in [0.25, 0.3) is 0 Å². The van der Waals surface area contributed by atoms with Crippen molar-refractivity contribution in [3.8, 4) is 5.88 Å². The molecule has 90 valence electrons. The number of sulfonamides is 1. The zero-order valence-corrected chi connectivity index (χ0v) is 8.85. The molecule has 1 aromatic rings. The molecule has 6 nitrogen and oxygen atoms in total. The van der Waals surface area contributed by atoms with Gasteiger partial charge in [0.15, 0.2) is 10.8 Å². The number of nitrogens with two attached hydrogens (primary N) is 1. The van der Waals surface area contributed by atoms with Gasteiger partial charge in [0.05, 0.1) is 7.11 Å². The summed E-state index contributed by atoms with van der Waals surface area (Å²) < 4.78 is 51.5. The fourth-order valence-electron chi connectivity index (χ4n) is 1.11. The van der Waals surface area contributed by atoms with E-state index in [9.17, 15) is 22.0 Å². The van der Waals surface area contributed by atoms with Gasteiger partial charge in [0.1, 0.15) is 0 Å². The number of primary sulfonamides is 1. The van der Waals surface area contributed by atoms with Crippen molar-refractivity contribution < 1.29 is 21.9 Å². The van der Waals surface area contributed by atoms with Crippen molar-refractivity contribution in [1.29, 1.82) is 0 Å². The molecular formula is C7H8F2N2O4S. The Bertz CT molecular complexity index is 552. The first-order valence-corrected chi connectivity index (χ1v) is 5.44. The number of halogens is 2. The Labute approximate surface area is 89.1 Å². The molecule has 0 fully saturated rings. The first-order valence-electron chi connectivity index (χ1n) is 3.89. The van der Waals surface area contributed by atoms with Gasteiger partial charge >= 0.3 is 0 Å². The number of pyridine rings is 1. The van der Waals surface area contributed by atoms with Crippen molar-refractivity contribution in [2.24, 2.45) is 5.14 Å². The average molecular weight is 254 g/mol. The minimum atomic E-state index is -4.51. The van der Waals surface area contributed by atoms with Crippen LogP contribution in [0.2, 0.25) is 0 Å². The molecule has 0 aliphatic carbocycles. The number of alkyl halides is 2. The molecule has 1 heterocycles. The predicted molar refractivity (Wildman–Crippen MR) is 49.9 cm³/mol. The minimum absolute atomic E-state index is 0.271. The number of hydrogen-bond acceptors (Lipinski definition) is 4. The molecule has 0 aliphatic rings. The van der Waals surface area contributed by atoms with Crippen LogP contribution >= 0.6 is 0 Å². The second-order valence-electron chi connectivity index (χ2n) is 2.80. The summed E-state index contributed by atoms with van der Waals surface area (Å²) in [6, 6.07) is 0.714. The Morgan fingerprint density at radius 3 is 2.44 bits per heavy atom. The lowest BCUT2D eigenvalue weighted by atomic mass is 10.3. The zero-order valence-electron chi connectivity index (χ0n) is 8.03. The molecule has 9 heteroatoms. The van der Waals surface area contributed by atoms with E-state index in [2.05, 4.69) is 9.88 Å². The van der Waals surface area contributed by atoms with Crippen molar-refractivity contribution in [2.45, 2.75) is 11.3 Å². The molecule has 0 saturated carbocycles. The maximum absolute atomic E-state index is 12.5. The largest absolute Gasteiger partial charge is 0.482 e. The highest BCUT2D eigenvalue weighted by atomic mass is 32.2. The van der Waals surface area contributed by atoms with Crippen molar-refractivity contribution in [3.05, 3.63) is 22.0 Å². The van der Waals surface area contributed by atoms with E-state index in [0.717, 1.165) is 7.11 Å². The van der Waals surface area contributed by atoms with Gasteiger partial charge in [0, 0.05) is 11.6 Å². The maximum atomic E-state index is 12.5. The topological polar surface area (TPSA) is 102 Å². The SMILES string of the molecule is COc1cc(C(F)F)c(S(N)(=O)=O)c(=O)[nH]1. The lowest BCUT2D eigenvalue weighted by Gasteiger charge is -2.07. The summed E-state index contributed by atoms with van der Waals surface area (Å²) in [4.78, 5) is 12.1. The molecule has 16 heavy (non-hydrogen) atoms. The van der Waals surface area contributed by atoms with Crippen LogP contribution in [0.1, 0.15) is 12.0 Å². The highest BCUT2D eigenvalue weighted by Crippen LogP contribution is 2.25. The minimum Gasteiger partial charge on any atom is -0.482 e. The Hall–Kier alpha value is -1.48. The molecule has 0 amide bonds. The number of H-pyrrole nitrogens is 1. The molecular weight excluding hydrogens is 246 g/mol. The monoisotopic (exact) mass is 254 g/mol. The van der Waals surface area contributed by atoms with Crippen LogP contribution in [0.5, 0.6) is 5.88 Å². The van der Waals surface area contributed by atoms with Crippen LogP contribution in [-0.4, -0.2) is 20.5 Å². The molecule has 0 atom stereocenters. The van der Waals surface area contributed by atoms with Gasteiger partial charge in [-0.25, -0.2) is 22.3 Å². The molecule has 0 radical (unpaired) electrons. The van der Waals surface area contributed by atoms with Gasteiger partial charge in [-0.05, 0) is 0 Å². The first-order chi connectivity index (χ1) is 7.27. The van der Waals surface area contributed by atoms with Crippen LogP contribution in [0, 0.1) is 0 Å². The molecule has 0 saturated heterocycles. The fraction of sp³-hybridized carbons (Fsp3) is 0.286. The van der Waals surface area contributed by atoms with Crippen molar-refractivity contribution in [1.82, 2.24) is 4.98 Å². The number of nitrogens with one attached hydrogen (secondary N) is 1. The van der Waals surface area contributed by atoms with E-state index >= 15 is 0 Å². The lowest BCUT2D eigenvalue weighted by Crippen LogP contribution is -2.26. The van der Waals surface area contributed by atoms with E-state index in [1.807, 2.05) is 4.98 Å². The van der Waals surface area contributed by atoms with Gasteiger partial charge in [-0.1, -0.05) is 0 Å². The summed E-state index contributed by atoms with van der Waals surface area (Å²) in [5.74, 6) is -0.271. The van der Waals surface area contributed by atoms with Crippen molar-refractivity contribution in [3.63, 3.8) is 0 Å². The van der Waals surface area contributed by atoms with Gasteiger partial charge in [-0.3, -0.25) is 9.78 Å². The maximum Gasteiger partial charge on any atom is 0.271 e. The van der Waals surface area contributed by atoms with Crippen molar-refractivity contribution in [2.75, 3.05) is 7.11 Å². The highest BCUT2D eigenvalue weighted by molar-refractivity contribution is 7.89. The van der Waals surface area contributed by atoms with Gasteiger partial charge in [0.25, 0.3) is 12.0 Å². The Kier molecular flexibility index (Phi) is 3.29. The van der Waals surface area contributed by atoms with E-state index in [0.29, 0.717) is 6.07 Å². The quantitative estimate of drug-likeness (QED) is 0.790. The third-order valence-corrected chi connectivity index (χ3v) is 2.72. The van der Waals surface area contributed by atoms with E-state index in [-0.39, 0.29) is 5.88 Å². The Morgan fingerprint density at radius 2 is 2.06 bits per heavy atom. The number of aromatic amines is 1. The summed E-state index contributed by atoms with van der Waals surface area (Å²) in [5, 5.41) is 4.67. The summed E-state index contributed by atoms with van der Waals surface area (Å²) >= 11 is 0. The van der Waals surface area contributed by atoms with E-state index < -0.39 is 32.5 Å². The number of methoxy groups -OCH3 is 1. The third kappa shape index (κ3) is 2.36. The highest BCUT2D eigenvalue weighted by Gasteiger charge is 2.25. The Morgan fingerprint density at radius 1 is 1.50 bits per heavy atom. The van der Waals surface area contributed by atoms with Crippen LogP contribution in [0.3, 0.4) is 0 Å². The zero-order chi connectivity index (χ0) is 12.5. The van der Waals surface area contributed by atoms with Gasteiger partial charge in [-0.15, -0.1) is 0 Å². The third-order valence-electron chi connectivity index (χ3n) is 1.73. The summed E-state index contributed by atoms with van der Waals surface area (Å²) in [6.45, 7) is 0. The molecule has 1 rings (SSSR count). The molecule has 0 spiro atoms. The number of rotatable bonds is 3. The van der Waals surface area contributed by atoms with E-state index in [1.165, 1.54) is 0 Å². The fourth-order valence-corrected chi connectivity index (χ4v) is 1.89. The predicted octanol–water partition coefficient (Wildman–Crippen LogP) is -0.0315. The first kappa shape index (κ1) is 12.6. The van der Waals surface area contributed by atoms with Gasteiger partial charge in [0.2, 0.25) is 10.0 Å². The van der Waals surface area contributed by atoms with E-state index in [1.54, 1.807) is 0 Å². The second kappa shape index (κ2) is 4.18. The number of ether oxygens (including phenoxy) is 1. The Balaban J connectivity index is 3.67. The van der Waals surface area contributed by atoms with Crippen LogP contribution in [0.15, 0.2) is 15.8 Å². The standard InChI is InChI=1S/C7H8F2N2O4S/c1-15-4-2-3(6(8)9)5(7(12)11-4)16(10,13)14/h2,6H,1H3,(H,11,12)(H2,10,13,14). The van der Waals surface area contributed by atoms with Crippen LogP contribution < -0.4 is 15.4 Å². The average Bonchev–Trinajstić information content (AvgIpc) is 2.14. The summed E-state index contributed by atoms with van der Waals surface area (Å²) in [7, 11) is -3.38. The summed E-state index contributed by atoms with van der Waals surface area (Å²) in [5.41, 5.74) is -2.22. The number of aromatic nitrogens is 1. The molecule has 0 aromatic carbocycles. The molecule has 1 aromatic heterocycles. The van der Waals surface area contributed by atoms with Gasteiger partial charge < -0.3 is 4.74 Å². The molecule has 0 unspecified atom stereocenters. The second-order valence-corrected chi connectivity index (χ2v) is 4.30. The van der Waals surface area contributed by atoms with Crippen LogP contribution in [0.4, 0.5) is 8.78 Å². The number of hydrogen-bond donors (Lipinski definition) is 2. The molecule has 3 N–H and O–H groups in total.